The maximum atomic E-state index is 5.86. The van der Waals surface area contributed by atoms with E-state index in [1.807, 2.05) is 12.1 Å². The van der Waals surface area contributed by atoms with Crippen molar-refractivity contribution >= 4 is 17.4 Å². The number of hydrogen-bond donors (Lipinski definition) is 0. The van der Waals surface area contributed by atoms with Crippen LogP contribution in [0.5, 0.6) is 0 Å². The highest BCUT2D eigenvalue weighted by atomic mass is 35.5. The highest BCUT2D eigenvalue weighted by Crippen LogP contribution is 2.26. The lowest BCUT2D eigenvalue weighted by Gasteiger charge is -2.46. The Balaban J connectivity index is 2.23. The van der Waals surface area contributed by atoms with E-state index in [2.05, 4.69) is 35.7 Å². The van der Waals surface area contributed by atoms with Gasteiger partial charge in [0.05, 0.1) is 5.02 Å². The van der Waals surface area contributed by atoms with Crippen molar-refractivity contribution in [1.29, 1.82) is 0 Å². The zero-order chi connectivity index (χ0) is 11.8. The van der Waals surface area contributed by atoms with Gasteiger partial charge in [0.25, 0.3) is 0 Å². The van der Waals surface area contributed by atoms with E-state index in [9.17, 15) is 0 Å². The van der Waals surface area contributed by atoms with E-state index in [1.54, 1.807) is 6.20 Å². The normalized spacial score (nSPS) is 21.1. The first-order valence-corrected chi connectivity index (χ1v) is 5.94. The summed E-state index contributed by atoms with van der Waals surface area (Å²) in [5, 5.41) is 0.690. The number of aromatic nitrogens is 1. The number of rotatable bonds is 1. The molecule has 0 bridgehead atoms. The molecule has 88 valence electrons. The second kappa shape index (κ2) is 4.22. The van der Waals surface area contributed by atoms with E-state index < -0.39 is 0 Å². The summed E-state index contributed by atoms with van der Waals surface area (Å²) in [6.07, 6.45) is 1.71. The van der Waals surface area contributed by atoms with Crippen molar-refractivity contribution in [2.75, 3.05) is 31.6 Å². The summed E-state index contributed by atoms with van der Waals surface area (Å²) in [6.45, 7) is 7.64. The summed E-state index contributed by atoms with van der Waals surface area (Å²) in [6, 6.07) is 3.90. The Morgan fingerprint density at radius 2 is 2.06 bits per heavy atom. The van der Waals surface area contributed by atoms with Crippen LogP contribution in [0.25, 0.3) is 0 Å². The minimum absolute atomic E-state index is 0.119. The molecule has 16 heavy (non-hydrogen) atoms. The van der Waals surface area contributed by atoms with Crippen LogP contribution in [0.15, 0.2) is 18.3 Å². The summed E-state index contributed by atoms with van der Waals surface area (Å²) < 4.78 is 0. The van der Waals surface area contributed by atoms with Gasteiger partial charge in [0.1, 0.15) is 5.82 Å². The van der Waals surface area contributed by atoms with Gasteiger partial charge in [0.15, 0.2) is 0 Å². The van der Waals surface area contributed by atoms with Crippen LogP contribution < -0.4 is 4.90 Å². The Labute approximate surface area is 102 Å². The zero-order valence-corrected chi connectivity index (χ0v) is 10.8. The fraction of sp³-hybridized carbons (Fsp3) is 0.583. The standard InChI is InChI=1S/C12H18ClN3/c1-12(2)9-15(3)6-7-16(12)11-5-4-10(13)8-14-11/h4-5,8H,6-7,9H2,1-3H3. The molecule has 1 fully saturated rings. The predicted molar refractivity (Wildman–Crippen MR) is 68.2 cm³/mol. The molecule has 1 aliphatic heterocycles. The van der Waals surface area contributed by atoms with E-state index >= 15 is 0 Å². The lowest BCUT2D eigenvalue weighted by atomic mass is 9.99. The topological polar surface area (TPSA) is 19.4 Å². The Morgan fingerprint density at radius 3 is 2.62 bits per heavy atom. The quantitative estimate of drug-likeness (QED) is 0.750. The number of anilines is 1. The van der Waals surface area contributed by atoms with Crippen molar-refractivity contribution in [2.45, 2.75) is 19.4 Å². The number of likely N-dealkylation sites (N-methyl/N-ethyl adjacent to an activating group) is 1. The van der Waals surface area contributed by atoms with Gasteiger partial charge >= 0.3 is 0 Å². The van der Waals surface area contributed by atoms with E-state index in [-0.39, 0.29) is 5.54 Å². The number of pyridine rings is 1. The highest BCUT2D eigenvalue weighted by Gasteiger charge is 2.32. The van der Waals surface area contributed by atoms with Crippen molar-refractivity contribution < 1.29 is 0 Å². The molecule has 0 saturated carbocycles. The molecule has 0 N–H and O–H groups in total. The van der Waals surface area contributed by atoms with Gasteiger partial charge in [-0.3, -0.25) is 0 Å². The van der Waals surface area contributed by atoms with E-state index in [4.69, 9.17) is 11.6 Å². The molecule has 2 heterocycles. The molecule has 1 saturated heterocycles. The van der Waals surface area contributed by atoms with Crippen molar-refractivity contribution in [3.8, 4) is 0 Å². The number of piperazine rings is 1. The lowest BCUT2D eigenvalue weighted by molar-refractivity contribution is 0.217. The van der Waals surface area contributed by atoms with Crippen molar-refractivity contribution in [2.24, 2.45) is 0 Å². The Kier molecular flexibility index (Phi) is 3.08. The summed E-state index contributed by atoms with van der Waals surface area (Å²) in [5.41, 5.74) is 0.119. The monoisotopic (exact) mass is 239 g/mol. The van der Waals surface area contributed by atoms with Gasteiger partial charge in [-0.2, -0.15) is 0 Å². The van der Waals surface area contributed by atoms with Crippen LogP contribution in [0.2, 0.25) is 5.02 Å². The predicted octanol–water partition coefficient (Wildman–Crippen LogP) is 2.27. The Bertz CT molecular complexity index is 361. The molecule has 1 aliphatic rings. The maximum Gasteiger partial charge on any atom is 0.129 e. The smallest absolute Gasteiger partial charge is 0.129 e. The number of hydrogen-bond acceptors (Lipinski definition) is 3. The molecular weight excluding hydrogens is 222 g/mol. The van der Waals surface area contributed by atoms with Gasteiger partial charge in [0, 0.05) is 31.4 Å². The van der Waals surface area contributed by atoms with Crippen LogP contribution in [-0.2, 0) is 0 Å². The third kappa shape index (κ3) is 2.30. The minimum Gasteiger partial charge on any atom is -0.349 e. The van der Waals surface area contributed by atoms with Crippen molar-refractivity contribution in [3.05, 3.63) is 23.4 Å². The SMILES string of the molecule is CN1CCN(c2ccc(Cl)cn2)C(C)(C)C1. The molecule has 0 unspecified atom stereocenters. The molecule has 3 nitrogen and oxygen atoms in total. The van der Waals surface area contributed by atoms with Gasteiger partial charge < -0.3 is 9.80 Å². The van der Waals surface area contributed by atoms with Crippen LogP contribution in [-0.4, -0.2) is 42.1 Å². The van der Waals surface area contributed by atoms with Crippen LogP contribution in [0.3, 0.4) is 0 Å². The minimum atomic E-state index is 0.119. The molecule has 1 aromatic heterocycles. The molecule has 1 aromatic rings. The summed E-state index contributed by atoms with van der Waals surface area (Å²) >= 11 is 5.86. The van der Waals surface area contributed by atoms with Crippen molar-refractivity contribution in [3.63, 3.8) is 0 Å². The third-order valence-electron chi connectivity index (χ3n) is 3.08. The first kappa shape index (κ1) is 11.7. The number of halogens is 1. The molecular formula is C12H18ClN3. The van der Waals surface area contributed by atoms with Gasteiger partial charge in [-0.1, -0.05) is 11.6 Å². The van der Waals surface area contributed by atoms with Crippen LogP contribution >= 0.6 is 11.6 Å². The molecule has 0 spiro atoms. The van der Waals surface area contributed by atoms with Crippen LogP contribution in [0, 0.1) is 0 Å². The Morgan fingerprint density at radius 1 is 1.31 bits per heavy atom. The van der Waals surface area contributed by atoms with E-state index in [0.29, 0.717) is 5.02 Å². The van der Waals surface area contributed by atoms with Crippen molar-refractivity contribution in [1.82, 2.24) is 9.88 Å². The van der Waals surface area contributed by atoms with Gasteiger partial charge in [-0.25, -0.2) is 4.98 Å². The van der Waals surface area contributed by atoms with E-state index in [1.165, 1.54) is 0 Å². The molecule has 0 aromatic carbocycles. The first-order chi connectivity index (χ1) is 7.49. The lowest BCUT2D eigenvalue weighted by Crippen LogP contribution is -2.58. The molecule has 2 rings (SSSR count). The largest absolute Gasteiger partial charge is 0.349 e. The summed E-state index contributed by atoms with van der Waals surface area (Å²) in [4.78, 5) is 9.10. The average Bonchev–Trinajstić information content (AvgIpc) is 2.18. The summed E-state index contributed by atoms with van der Waals surface area (Å²) in [5.74, 6) is 1.02. The van der Waals surface area contributed by atoms with Gasteiger partial charge in [-0.15, -0.1) is 0 Å². The molecule has 0 radical (unpaired) electrons. The zero-order valence-electron chi connectivity index (χ0n) is 10.1. The molecule has 0 amide bonds. The maximum absolute atomic E-state index is 5.86. The fourth-order valence-corrected chi connectivity index (χ4v) is 2.46. The molecule has 0 atom stereocenters. The van der Waals surface area contributed by atoms with Gasteiger partial charge in [-0.05, 0) is 33.0 Å². The van der Waals surface area contributed by atoms with E-state index in [0.717, 1.165) is 25.5 Å². The fourth-order valence-electron chi connectivity index (χ4n) is 2.35. The first-order valence-electron chi connectivity index (χ1n) is 5.57. The second-order valence-corrected chi connectivity index (χ2v) is 5.47. The second-order valence-electron chi connectivity index (χ2n) is 5.04. The third-order valence-corrected chi connectivity index (χ3v) is 3.30. The molecule has 0 aliphatic carbocycles. The summed E-state index contributed by atoms with van der Waals surface area (Å²) in [7, 11) is 2.16. The molecule has 4 heteroatoms. The van der Waals surface area contributed by atoms with Crippen LogP contribution in [0.1, 0.15) is 13.8 Å². The number of nitrogens with zero attached hydrogens (tertiary/aromatic N) is 3. The average molecular weight is 240 g/mol. The Hall–Kier alpha value is -0.800. The highest BCUT2D eigenvalue weighted by molar-refractivity contribution is 6.30. The van der Waals surface area contributed by atoms with Gasteiger partial charge in [0.2, 0.25) is 0 Å². The van der Waals surface area contributed by atoms with Crippen LogP contribution in [0.4, 0.5) is 5.82 Å².